The molecule has 3 rings (SSSR count). The van der Waals surface area contributed by atoms with Crippen LogP contribution in [0.5, 0.6) is 0 Å². The van der Waals surface area contributed by atoms with Crippen LogP contribution in [0.2, 0.25) is 5.02 Å². The van der Waals surface area contributed by atoms with Gasteiger partial charge >= 0.3 is 0 Å². The molecule has 0 saturated carbocycles. The van der Waals surface area contributed by atoms with Gasteiger partial charge in [-0.05, 0) is 60.5 Å². The van der Waals surface area contributed by atoms with E-state index < -0.39 is 0 Å². The lowest BCUT2D eigenvalue weighted by atomic mass is 10.2. The van der Waals surface area contributed by atoms with Gasteiger partial charge < -0.3 is 5.32 Å². The van der Waals surface area contributed by atoms with Crippen molar-refractivity contribution in [3.05, 3.63) is 62.6 Å². The molecule has 2 aromatic heterocycles. The highest BCUT2D eigenvalue weighted by atomic mass is 79.9. The van der Waals surface area contributed by atoms with E-state index in [1.54, 1.807) is 29.1 Å². The van der Waals surface area contributed by atoms with Gasteiger partial charge in [-0.3, -0.25) is 9.48 Å². The summed E-state index contributed by atoms with van der Waals surface area (Å²) in [5.74, 6) is -0.279. The fourth-order valence-electron chi connectivity index (χ4n) is 2.43. The molecule has 0 bridgehead atoms. The van der Waals surface area contributed by atoms with Crippen molar-refractivity contribution in [1.29, 1.82) is 0 Å². The predicted molar refractivity (Wildman–Crippen MR) is 101 cm³/mol. The Labute approximate surface area is 158 Å². The zero-order valence-corrected chi connectivity index (χ0v) is 16.4. The Bertz CT molecular complexity index is 947. The number of carbonyl (C=O) groups excluding carboxylic acids is 1. The summed E-state index contributed by atoms with van der Waals surface area (Å²) in [5, 5.41) is 12.2. The van der Waals surface area contributed by atoms with Gasteiger partial charge in [0.15, 0.2) is 5.69 Å². The molecule has 0 radical (unpaired) electrons. The van der Waals surface area contributed by atoms with Crippen LogP contribution in [0.1, 0.15) is 27.4 Å². The van der Waals surface area contributed by atoms with E-state index in [0.717, 1.165) is 21.4 Å². The number of halogens is 2. The van der Waals surface area contributed by atoms with Crippen LogP contribution in [-0.2, 0) is 6.67 Å². The van der Waals surface area contributed by atoms with Gasteiger partial charge in [0, 0.05) is 16.9 Å². The number of aromatic nitrogens is 4. The van der Waals surface area contributed by atoms with Crippen LogP contribution in [0.4, 0.5) is 5.69 Å². The highest BCUT2D eigenvalue weighted by Gasteiger charge is 2.13. The first kappa shape index (κ1) is 17.7. The second-order valence-corrected chi connectivity index (χ2v) is 7.01. The van der Waals surface area contributed by atoms with E-state index in [9.17, 15) is 4.79 Å². The van der Waals surface area contributed by atoms with Crippen LogP contribution in [0.15, 0.2) is 34.9 Å². The summed E-state index contributed by atoms with van der Waals surface area (Å²) < 4.78 is 4.48. The molecule has 1 amide bonds. The Morgan fingerprint density at radius 3 is 2.68 bits per heavy atom. The first-order valence-corrected chi connectivity index (χ1v) is 8.82. The number of nitrogens with one attached hydrogen (secondary N) is 1. The standard InChI is InChI=1S/C17H17BrClN5O/c1-10-4-5-13(19)8-15(10)20-17(25)14-6-7-23(22-14)9-24-12(3)16(18)11(2)21-24/h4-8H,9H2,1-3H3,(H,20,25). The lowest BCUT2D eigenvalue weighted by Gasteiger charge is -2.07. The van der Waals surface area contributed by atoms with E-state index in [1.807, 2.05) is 31.5 Å². The Kier molecular flexibility index (Phi) is 4.96. The van der Waals surface area contributed by atoms with Crippen LogP contribution in [0, 0.1) is 20.8 Å². The molecule has 130 valence electrons. The number of anilines is 1. The monoisotopic (exact) mass is 421 g/mol. The fourth-order valence-corrected chi connectivity index (χ4v) is 2.88. The molecule has 8 heteroatoms. The smallest absolute Gasteiger partial charge is 0.276 e. The molecular weight excluding hydrogens is 406 g/mol. The van der Waals surface area contributed by atoms with Crippen LogP contribution in [0.3, 0.4) is 0 Å². The summed E-state index contributed by atoms with van der Waals surface area (Å²) in [4.78, 5) is 12.4. The second kappa shape index (κ2) is 7.01. The molecule has 1 aromatic carbocycles. The van der Waals surface area contributed by atoms with Gasteiger partial charge in [-0.2, -0.15) is 10.2 Å². The van der Waals surface area contributed by atoms with E-state index in [4.69, 9.17) is 11.6 Å². The van der Waals surface area contributed by atoms with E-state index >= 15 is 0 Å². The summed E-state index contributed by atoms with van der Waals surface area (Å²) in [5.41, 5.74) is 3.87. The van der Waals surface area contributed by atoms with Gasteiger partial charge in [0.25, 0.3) is 5.91 Å². The molecule has 0 spiro atoms. The van der Waals surface area contributed by atoms with Gasteiger partial charge in [0.2, 0.25) is 0 Å². The number of hydrogen-bond donors (Lipinski definition) is 1. The number of amides is 1. The molecule has 0 unspecified atom stereocenters. The van der Waals surface area contributed by atoms with Crippen molar-refractivity contribution in [2.75, 3.05) is 5.32 Å². The highest BCUT2D eigenvalue weighted by molar-refractivity contribution is 9.10. The summed E-state index contributed by atoms with van der Waals surface area (Å²) in [7, 11) is 0. The summed E-state index contributed by atoms with van der Waals surface area (Å²) >= 11 is 9.49. The molecule has 0 saturated heterocycles. The van der Waals surface area contributed by atoms with E-state index in [-0.39, 0.29) is 5.91 Å². The number of hydrogen-bond acceptors (Lipinski definition) is 3. The van der Waals surface area contributed by atoms with Crippen molar-refractivity contribution in [3.63, 3.8) is 0 Å². The van der Waals surface area contributed by atoms with Gasteiger partial charge in [-0.15, -0.1) is 0 Å². The number of carbonyl (C=O) groups is 1. The van der Waals surface area contributed by atoms with Crippen molar-refractivity contribution >= 4 is 39.1 Å². The zero-order valence-electron chi connectivity index (χ0n) is 14.0. The number of rotatable bonds is 4. The Hall–Kier alpha value is -2.12. The topological polar surface area (TPSA) is 64.7 Å². The summed E-state index contributed by atoms with van der Waals surface area (Å²) in [6.07, 6.45) is 1.75. The minimum absolute atomic E-state index is 0.279. The maximum atomic E-state index is 12.4. The lowest BCUT2D eigenvalue weighted by Crippen LogP contribution is -2.16. The lowest BCUT2D eigenvalue weighted by molar-refractivity contribution is 0.102. The number of nitrogens with zero attached hydrogens (tertiary/aromatic N) is 4. The fraction of sp³-hybridized carbons (Fsp3) is 0.235. The first-order valence-electron chi connectivity index (χ1n) is 7.65. The van der Waals surface area contributed by atoms with Gasteiger partial charge in [-0.1, -0.05) is 17.7 Å². The third-order valence-electron chi connectivity index (χ3n) is 3.89. The normalized spacial score (nSPS) is 10.9. The number of aryl methyl sites for hydroxylation is 2. The van der Waals surface area contributed by atoms with Gasteiger partial charge in [0.05, 0.1) is 15.9 Å². The predicted octanol–water partition coefficient (Wildman–Crippen LogP) is 4.18. The SMILES string of the molecule is Cc1ccc(Cl)cc1NC(=O)c1ccn(Cn2nc(C)c(Br)c2C)n1. The molecule has 0 fully saturated rings. The minimum atomic E-state index is -0.279. The van der Waals surface area contributed by atoms with Crippen molar-refractivity contribution in [3.8, 4) is 0 Å². The van der Waals surface area contributed by atoms with E-state index in [1.165, 1.54) is 0 Å². The molecule has 0 aliphatic heterocycles. The van der Waals surface area contributed by atoms with Crippen molar-refractivity contribution in [1.82, 2.24) is 19.6 Å². The molecule has 25 heavy (non-hydrogen) atoms. The average Bonchev–Trinajstić information content (AvgIpc) is 3.13. The Morgan fingerprint density at radius 1 is 1.24 bits per heavy atom. The second-order valence-electron chi connectivity index (χ2n) is 5.78. The zero-order chi connectivity index (χ0) is 18.1. The molecule has 0 aliphatic rings. The quantitative estimate of drug-likeness (QED) is 0.686. The van der Waals surface area contributed by atoms with Crippen LogP contribution in [-0.4, -0.2) is 25.5 Å². The summed E-state index contributed by atoms with van der Waals surface area (Å²) in [6, 6.07) is 7.04. The largest absolute Gasteiger partial charge is 0.320 e. The third-order valence-corrected chi connectivity index (χ3v) is 5.28. The minimum Gasteiger partial charge on any atom is -0.320 e. The maximum Gasteiger partial charge on any atom is 0.276 e. The maximum absolute atomic E-state index is 12.4. The molecule has 6 nitrogen and oxygen atoms in total. The average molecular weight is 423 g/mol. The van der Waals surface area contributed by atoms with Crippen molar-refractivity contribution in [2.24, 2.45) is 0 Å². The highest BCUT2D eigenvalue weighted by Crippen LogP contribution is 2.21. The van der Waals surface area contributed by atoms with Crippen molar-refractivity contribution < 1.29 is 4.79 Å². The van der Waals surface area contributed by atoms with Crippen LogP contribution in [0.25, 0.3) is 0 Å². The first-order chi connectivity index (χ1) is 11.8. The molecule has 1 N–H and O–H groups in total. The van der Waals surface area contributed by atoms with E-state index in [0.29, 0.717) is 23.1 Å². The molecule has 0 atom stereocenters. The van der Waals surface area contributed by atoms with Crippen molar-refractivity contribution in [2.45, 2.75) is 27.4 Å². The van der Waals surface area contributed by atoms with Crippen LogP contribution < -0.4 is 5.32 Å². The molecule has 0 aliphatic carbocycles. The molecular formula is C17H17BrClN5O. The van der Waals surface area contributed by atoms with Gasteiger partial charge in [0.1, 0.15) is 6.67 Å². The molecule has 3 aromatic rings. The Balaban J connectivity index is 1.75. The third kappa shape index (κ3) is 3.77. The Morgan fingerprint density at radius 2 is 2.00 bits per heavy atom. The van der Waals surface area contributed by atoms with Gasteiger partial charge in [-0.25, -0.2) is 4.68 Å². The van der Waals surface area contributed by atoms with E-state index in [2.05, 4.69) is 31.4 Å². The summed E-state index contributed by atoms with van der Waals surface area (Å²) in [6.45, 7) is 6.25. The molecule has 2 heterocycles. The number of benzene rings is 1. The van der Waals surface area contributed by atoms with Crippen LogP contribution >= 0.6 is 27.5 Å².